The Morgan fingerprint density at radius 3 is 2.21 bits per heavy atom. The number of hydrogen-bond acceptors (Lipinski definition) is 6. The first-order valence-corrected chi connectivity index (χ1v) is 7.46. The molecule has 0 aliphatic carbocycles. The van der Waals surface area contributed by atoms with Crippen LogP contribution in [0.1, 0.15) is 36.7 Å². The summed E-state index contributed by atoms with van der Waals surface area (Å²) in [6.45, 7) is 4.63. The molecule has 1 amide bonds. The second-order valence-corrected chi connectivity index (χ2v) is 6.20. The minimum absolute atomic E-state index is 0.174. The third-order valence-corrected chi connectivity index (χ3v) is 2.99. The molecule has 0 unspecified atom stereocenters. The Kier molecular flexibility index (Phi) is 6.91. The highest BCUT2D eigenvalue weighted by Gasteiger charge is 2.22. The maximum Gasteiger partial charge on any atom is 0.338 e. The number of carbonyl (C=O) groups is 3. The molecule has 0 aliphatic heterocycles. The average molecular weight is 337 g/mol. The lowest BCUT2D eigenvalue weighted by Crippen LogP contribution is -2.44. The standard InChI is InChI=1S/C17H23NO6/c1-17(2,3)24-15(21)12-7-5-11(6-8-12)9-13(16(22)23-4)18-14(20)10-19/h5-8,13,19H,9-10H2,1-4H3,(H,18,20)/t13-/m0/s1. The molecule has 7 nitrogen and oxygen atoms in total. The lowest BCUT2D eigenvalue weighted by molar-refractivity contribution is -0.145. The molecule has 0 bridgehead atoms. The minimum Gasteiger partial charge on any atom is -0.467 e. The Morgan fingerprint density at radius 1 is 1.17 bits per heavy atom. The first kappa shape index (κ1) is 19.6. The summed E-state index contributed by atoms with van der Waals surface area (Å²) in [5, 5.41) is 11.2. The van der Waals surface area contributed by atoms with Gasteiger partial charge in [0.2, 0.25) is 5.91 Å². The van der Waals surface area contributed by atoms with Gasteiger partial charge in [0.1, 0.15) is 18.2 Å². The molecule has 24 heavy (non-hydrogen) atoms. The summed E-state index contributed by atoms with van der Waals surface area (Å²) in [6.07, 6.45) is 0.174. The molecule has 0 radical (unpaired) electrons. The van der Waals surface area contributed by atoms with Crippen LogP contribution >= 0.6 is 0 Å². The van der Waals surface area contributed by atoms with Gasteiger partial charge in [0.15, 0.2) is 0 Å². The number of ether oxygens (including phenoxy) is 2. The van der Waals surface area contributed by atoms with Crippen molar-refractivity contribution in [1.29, 1.82) is 0 Å². The topological polar surface area (TPSA) is 102 Å². The third kappa shape index (κ3) is 6.37. The fourth-order valence-corrected chi connectivity index (χ4v) is 1.93. The highest BCUT2D eigenvalue weighted by molar-refractivity contribution is 5.89. The lowest BCUT2D eigenvalue weighted by Gasteiger charge is -2.19. The monoisotopic (exact) mass is 337 g/mol. The molecule has 2 N–H and O–H groups in total. The van der Waals surface area contributed by atoms with Crippen molar-refractivity contribution in [2.45, 2.75) is 38.8 Å². The molecule has 0 fully saturated rings. The van der Waals surface area contributed by atoms with Crippen molar-refractivity contribution in [2.75, 3.05) is 13.7 Å². The predicted octanol–water partition coefficient (Wildman–Crippen LogP) is 0.834. The van der Waals surface area contributed by atoms with Gasteiger partial charge in [-0.3, -0.25) is 4.79 Å². The SMILES string of the molecule is COC(=O)[C@H](Cc1ccc(C(=O)OC(C)(C)C)cc1)NC(=O)CO. The van der Waals surface area contributed by atoms with Crippen molar-refractivity contribution in [3.05, 3.63) is 35.4 Å². The van der Waals surface area contributed by atoms with Gasteiger partial charge in [-0.1, -0.05) is 12.1 Å². The zero-order valence-electron chi connectivity index (χ0n) is 14.3. The summed E-state index contributed by atoms with van der Waals surface area (Å²) in [5.41, 5.74) is 0.527. The Hall–Kier alpha value is -2.41. The van der Waals surface area contributed by atoms with Gasteiger partial charge in [-0.05, 0) is 38.5 Å². The molecule has 0 aliphatic rings. The van der Waals surface area contributed by atoms with Crippen LogP contribution < -0.4 is 5.32 Å². The average Bonchev–Trinajstić information content (AvgIpc) is 2.52. The van der Waals surface area contributed by atoms with Crippen LogP contribution in [0, 0.1) is 0 Å². The maximum absolute atomic E-state index is 12.0. The van der Waals surface area contributed by atoms with Crippen molar-refractivity contribution in [3.8, 4) is 0 Å². The van der Waals surface area contributed by atoms with Gasteiger partial charge < -0.3 is 19.9 Å². The van der Waals surface area contributed by atoms with E-state index in [9.17, 15) is 14.4 Å². The molecule has 132 valence electrons. The van der Waals surface area contributed by atoms with Crippen LogP contribution in [0.25, 0.3) is 0 Å². The van der Waals surface area contributed by atoms with Crippen LogP contribution in [0.4, 0.5) is 0 Å². The summed E-state index contributed by atoms with van der Waals surface area (Å²) < 4.78 is 9.91. The van der Waals surface area contributed by atoms with Crippen LogP contribution in [-0.4, -0.2) is 48.3 Å². The van der Waals surface area contributed by atoms with E-state index in [1.807, 2.05) is 0 Å². The van der Waals surface area contributed by atoms with Gasteiger partial charge in [0.25, 0.3) is 0 Å². The molecule has 1 aromatic rings. The molecule has 0 heterocycles. The van der Waals surface area contributed by atoms with Crippen LogP contribution in [0.2, 0.25) is 0 Å². The number of hydrogen-bond donors (Lipinski definition) is 2. The second kappa shape index (κ2) is 8.44. The number of rotatable bonds is 6. The molecule has 1 rings (SSSR count). The van der Waals surface area contributed by atoms with E-state index in [1.54, 1.807) is 45.0 Å². The van der Waals surface area contributed by atoms with Crippen molar-refractivity contribution in [2.24, 2.45) is 0 Å². The zero-order chi connectivity index (χ0) is 18.3. The molecule has 0 saturated heterocycles. The van der Waals surface area contributed by atoms with Crippen LogP contribution in [0.15, 0.2) is 24.3 Å². The van der Waals surface area contributed by atoms with E-state index in [2.05, 4.69) is 10.1 Å². The zero-order valence-corrected chi connectivity index (χ0v) is 14.3. The molecular weight excluding hydrogens is 314 g/mol. The minimum atomic E-state index is -0.915. The molecule has 0 aromatic heterocycles. The Balaban J connectivity index is 2.81. The fourth-order valence-electron chi connectivity index (χ4n) is 1.93. The smallest absolute Gasteiger partial charge is 0.338 e. The van der Waals surface area contributed by atoms with Gasteiger partial charge in [-0.15, -0.1) is 0 Å². The van der Waals surface area contributed by atoms with Crippen LogP contribution in [0.5, 0.6) is 0 Å². The van der Waals surface area contributed by atoms with Crippen LogP contribution in [-0.2, 0) is 25.5 Å². The number of benzene rings is 1. The largest absolute Gasteiger partial charge is 0.467 e. The van der Waals surface area contributed by atoms with Gasteiger partial charge in [-0.25, -0.2) is 9.59 Å². The summed E-state index contributed by atoms with van der Waals surface area (Å²) in [7, 11) is 1.21. The highest BCUT2D eigenvalue weighted by atomic mass is 16.6. The molecule has 0 saturated carbocycles. The molecular formula is C17H23NO6. The number of esters is 2. The van der Waals surface area contributed by atoms with E-state index in [0.29, 0.717) is 5.56 Å². The van der Waals surface area contributed by atoms with E-state index < -0.39 is 36.1 Å². The van der Waals surface area contributed by atoms with E-state index in [0.717, 1.165) is 5.56 Å². The number of nitrogens with one attached hydrogen (secondary N) is 1. The Morgan fingerprint density at radius 2 is 1.75 bits per heavy atom. The quantitative estimate of drug-likeness (QED) is 0.746. The number of aliphatic hydroxyl groups is 1. The van der Waals surface area contributed by atoms with E-state index in [1.165, 1.54) is 7.11 Å². The Labute approximate surface area is 141 Å². The summed E-state index contributed by atoms with van der Waals surface area (Å²) in [5.74, 6) is -1.73. The van der Waals surface area contributed by atoms with Crippen LogP contribution in [0.3, 0.4) is 0 Å². The number of aliphatic hydroxyl groups excluding tert-OH is 1. The third-order valence-electron chi connectivity index (χ3n) is 2.99. The van der Waals surface area contributed by atoms with Crippen molar-refractivity contribution < 1.29 is 29.0 Å². The lowest BCUT2D eigenvalue weighted by atomic mass is 10.0. The number of amides is 1. The first-order valence-electron chi connectivity index (χ1n) is 7.46. The van der Waals surface area contributed by atoms with Crippen molar-refractivity contribution in [3.63, 3.8) is 0 Å². The first-order chi connectivity index (χ1) is 11.2. The number of methoxy groups -OCH3 is 1. The van der Waals surface area contributed by atoms with E-state index >= 15 is 0 Å². The van der Waals surface area contributed by atoms with Crippen molar-refractivity contribution in [1.82, 2.24) is 5.32 Å². The highest BCUT2D eigenvalue weighted by Crippen LogP contribution is 2.14. The van der Waals surface area contributed by atoms with Gasteiger partial charge in [0.05, 0.1) is 12.7 Å². The fraction of sp³-hybridized carbons (Fsp3) is 0.471. The summed E-state index contributed by atoms with van der Waals surface area (Å²) >= 11 is 0. The summed E-state index contributed by atoms with van der Waals surface area (Å²) in [6, 6.07) is 5.60. The molecule has 0 spiro atoms. The Bertz CT molecular complexity index is 588. The summed E-state index contributed by atoms with van der Waals surface area (Å²) in [4.78, 5) is 34.9. The van der Waals surface area contributed by atoms with Gasteiger partial charge >= 0.3 is 11.9 Å². The normalized spacial score (nSPS) is 12.2. The molecule has 1 atom stereocenters. The van der Waals surface area contributed by atoms with Gasteiger partial charge in [-0.2, -0.15) is 0 Å². The van der Waals surface area contributed by atoms with Crippen molar-refractivity contribution >= 4 is 17.8 Å². The predicted molar refractivity (Wildman–Crippen MR) is 86.3 cm³/mol. The molecule has 1 aromatic carbocycles. The molecule has 7 heteroatoms. The maximum atomic E-state index is 12.0. The van der Waals surface area contributed by atoms with E-state index in [4.69, 9.17) is 9.84 Å². The van der Waals surface area contributed by atoms with Gasteiger partial charge in [0, 0.05) is 6.42 Å². The van der Waals surface area contributed by atoms with E-state index in [-0.39, 0.29) is 6.42 Å². The number of carbonyl (C=O) groups excluding carboxylic acids is 3. The second-order valence-electron chi connectivity index (χ2n) is 6.20.